The number of fused-ring (bicyclic) bond motifs is 1. The summed E-state index contributed by atoms with van der Waals surface area (Å²) in [5.41, 5.74) is -2.65. The number of hydrogen-bond acceptors (Lipinski definition) is 13. The molecule has 0 saturated carbocycles. The van der Waals surface area contributed by atoms with Gasteiger partial charge in [0.2, 0.25) is 0 Å². The molecule has 3 aliphatic rings. The maximum atomic E-state index is 14.8. The lowest BCUT2D eigenvalue weighted by Crippen LogP contribution is -2.61. The van der Waals surface area contributed by atoms with Crippen LogP contribution in [0.2, 0.25) is 0 Å². The van der Waals surface area contributed by atoms with Gasteiger partial charge in [-0.2, -0.15) is 0 Å². The first-order valence-corrected chi connectivity index (χ1v) is 21.1. The summed E-state index contributed by atoms with van der Waals surface area (Å²) < 4.78 is 33.4. The van der Waals surface area contributed by atoms with Crippen LogP contribution in [0.3, 0.4) is 0 Å². The minimum atomic E-state index is -1.68. The van der Waals surface area contributed by atoms with Crippen LogP contribution < -0.4 is 0 Å². The van der Waals surface area contributed by atoms with Gasteiger partial charge in [-0.1, -0.05) is 27.7 Å². The summed E-state index contributed by atoms with van der Waals surface area (Å²) in [4.78, 5) is 69.8. The first-order chi connectivity index (χ1) is 27.7. The predicted octanol–water partition coefficient (Wildman–Crippen LogP) is 5.32. The van der Waals surface area contributed by atoms with Crippen LogP contribution in [0.5, 0.6) is 0 Å². The molecule has 0 radical (unpaired) electrons. The van der Waals surface area contributed by atoms with E-state index in [9.17, 15) is 24.3 Å². The molecule has 0 bridgehead atoms. The Morgan fingerprint density at radius 1 is 1.02 bits per heavy atom. The number of pyridine rings is 1. The highest BCUT2D eigenvalue weighted by atomic mass is 16.7. The van der Waals surface area contributed by atoms with Crippen molar-refractivity contribution in [2.24, 2.45) is 23.2 Å². The van der Waals surface area contributed by atoms with E-state index in [-0.39, 0.29) is 30.8 Å². The van der Waals surface area contributed by atoms with Crippen molar-refractivity contribution in [3.05, 3.63) is 37.1 Å². The molecule has 0 aliphatic carbocycles. The van der Waals surface area contributed by atoms with Crippen LogP contribution in [0, 0.1) is 23.2 Å². The Hall–Kier alpha value is -3.76. The minimum absolute atomic E-state index is 0.122. The van der Waals surface area contributed by atoms with Crippen molar-refractivity contribution in [2.75, 3.05) is 27.7 Å². The second kappa shape index (κ2) is 18.5. The molecule has 2 aromatic heterocycles. The number of unbranched alkanes of at least 4 members (excludes halogenated alkanes) is 1. The molecule has 59 heavy (non-hydrogen) atoms. The van der Waals surface area contributed by atoms with E-state index in [1.165, 1.54) is 21.0 Å². The van der Waals surface area contributed by atoms with Crippen LogP contribution in [0.25, 0.3) is 11.3 Å². The number of ether oxygens (including phenoxy) is 5. The highest BCUT2D eigenvalue weighted by Gasteiger charge is 2.61. The van der Waals surface area contributed by atoms with Gasteiger partial charge >= 0.3 is 12.1 Å². The van der Waals surface area contributed by atoms with E-state index in [1.807, 2.05) is 62.7 Å². The summed E-state index contributed by atoms with van der Waals surface area (Å²) in [7, 11) is 5.24. The number of cyclic esters (lactones) is 1. The van der Waals surface area contributed by atoms with E-state index in [2.05, 4.69) is 9.97 Å². The molecule has 3 saturated heterocycles. The van der Waals surface area contributed by atoms with Gasteiger partial charge in [-0.25, -0.2) is 9.78 Å². The number of carbonyl (C=O) groups is 4. The summed E-state index contributed by atoms with van der Waals surface area (Å²) in [5, 5.41) is 11.5. The van der Waals surface area contributed by atoms with Crippen LogP contribution in [-0.4, -0.2) is 135 Å². The monoisotopic (exact) mass is 825 g/mol. The smallest absolute Gasteiger partial charge is 0.410 e. The fourth-order valence-electron chi connectivity index (χ4n) is 9.61. The lowest BCUT2D eigenvalue weighted by molar-refractivity contribution is -0.295. The SMILES string of the molecule is CC[C@H]1OC(=O)C(C)(C)C(=O)[C@H](C)[C@@H](O[C@@H]2O[C@H](C)C[C@H](N(C)C)[C@H]2O)[C@](C)(OC)C[C@@H](C)C(=O)[C@H](C)[C@H]2N(CCCCn3cnc(-c4cccnc4)c3)C(=O)O[C@]12C. The Balaban J connectivity index is 1.46. The molecule has 3 aliphatic heterocycles. The van der Waals surface area contributed by atoms with E-state index < -0.39 is 82.9 Å². The molecule has 1 N–H and O–H groups in total. The highest BCUT2D eigenvalue weighted by Crippen LogP contribution is 2.44. The Bertz CT molecular complexity index is 1790. The number of aliphatic hydroxyl groups excluding tert-OH is 1. The Morgan fingerprint density at radius 3 is 2.34 bits per heavy atom. The van der Waals surface area contributed by atoms with Crippen LogP contribution in [0.4, 0.5) is 4.79 Å². The normalized spacial score (nSPS) is 35.9. The first-order valence-electron chi connectivity index (χ1n) is 21.1. The molecule has 1 amide bonds. The third-order valence-electron chi connectivity index (χ3n) is 13.1. The molecule has 328 valence electrons. The molecule has 3 fully saturated rings. The quantitative estimate of drug-likeness (QED) is 0.176. The van der Waals surface area contributed by atoms with Gasteiger partial charge in [-0.15, -0.1) is 0 Å². The zero-order chi connectivity index (χ0) is 43.6. The number of aliphatic hydroxyl groups is 1. The second-order valence-electron chi connectivity index (χ2n) is 18.2. The maximum Gasteiger partial charge on any atom is 0.410 e. The molecule has 2 aromatic rings. The van der Waals surface area contributed by atoms with Gasteiger partial charge in [0.25, 0.3) is 0 Å². The zero-order valence-electron chi connectivity index (χ0n) is 37.0. The number of ketones is 2. The number of methoxy groups -OCH3 is 1. The number of imidazole rings is 1. The summed E-state index contributed by atoms with van der Waals surface area (Å²) >= 11 is 0. The molecule has 15 nitrogen and oxygen atoms in total. The van der Waals surface area contributed by atoms with Gasteiger partial charge in [0.15, 0.2) is 17.7 Å². The standard InChI is InChI=1S/C44H67N5O10/c1-13-33-44(9)36(49(41(54)59-44)20-15-14-19-48-24-31(46-25-48)30-17-16-18-45-23-30)28(4)34(50)26(2)22-43(8,55-12)38(29(5)37(52)42(6,7)40(53)57-33)58-39-35(51)32(47(10)11)21-27(3)56-39/h16-18,23-29,32-33,35-36,38-39,51H,13-15,19-22H2,1-12H3/t26-,27-,28+,29+,32+,33-,35-,36-,38-,39+,43-,44-/m1/s1. The van der Waals surface area contributed by atoms with Crippen molar-refractivity contribution in [1.82, 2.24) is 24.3 Å². The number of esters is 1. The number of nitrogens with zero attached hydrogens (tertiary/aromatic N) is 5. The molecule has 12 atom stereocenters. The number of aromatic nitrogens is 3. The molecule has 0 unspecified atom stereocenters. The summed E-state index contributed by atoms with van der Waals surface area (Å²) in [6.45, 7) is 16.5. The van der Waals surface area contributed by atoms with Crippen LogP contribution in [-0.2, 0) is 44.6 Å². The number of Topliss-reactive ketones (excluding diaryl/α,β-unsaturated/α-hetero) is 2. The number of rotatable bonds is 11. The molecule has 0 spiro atoms. The molecule has 5 heterocycles. The number of hydrogen-bond donors (Lipinski definition) is 1. The summed E-state index contributed by atoms with van der Waals surface area (Å²) in [6, 6.07) is 2.73. The summed E-state index contributed by atoms with van der Waals surface area (Å²) in [6.07, 6.45) is 4.35. The fraction of sp³-hybridized carbons (Fsp3) is 0.727. The molecular formula is C44H67N5O10. The van der Waals surface area contributed by atoms with Crippen molar-refractivity contribution in [3.63, 3.8) is 0 Å². The Kier molecular flexibility index (Phi) is 14.5. The van der Waals surface area contributed by atoms with Crippen molar-refractivity contribution < 1.29 is 48.0 Å². The average molecular weight is 826 g/mol. The topological polar surface area (TPSA) is 172 Å². The number of carbonyl (C=O) groups excluding carboxylic acids is 4. The van der Waals surface area contributed by atoms with Gasteiger partial charge in [0.1, 0.15) is 23.4 Å². The average Bonchev–Trinajstić information content (AvgIpc) is 3.78. The number of aryl methyl sites for hydroxylation is 1. The highest BCUT2D eigenvalue weighted by molar-refractivity contribution is 6.04. The lowest BCUT2D eigenvalue weighted by atomic mass is 9.71. The Morgan fingerprint density at radius 2 is 1.71 bits per heavy atom. The maximum absolute atomic E-state index is 14.8. The first kappa shape index (κ1) is 46.3. The fourth-order valence-corrected chi connectivity index (χ4v) is 9.61. The van der Waals surface area contributed by atoms with E-state index >= 15 is 0 Å². The third kappa shape index (κ3) is 9.44. The number of amides is 1. The third-order valence-corrected chi connectivity index (χ3v) is 13.1. The van der Waals surface area contributed by atoms with Crippen LogP contribution >= 0.6 is 0 Å². The predicted molar refractivity (Wildman–Crippen MR) is 219 cm³/mol. The molecule has 0 aromatic carbocycles. The minimum Gasteiger partial charge on any atom is -0.457 e. The van der Waals surface area contributed by atoms with E-state index in [4.69, 9.17) is 23.7 Å². The summed E-state index contributed by atoms with van der Waals surface area (Å²) in [5.74, 6) is -3.81. The molecule has 15 heteroatoms. The molecular weight excluding hydrogens is 759 g/mol. The second-order valence-corrected chi connectivity index (χ2v) is 18.2. The van der Waals surface area contributed by atoms with E-state index in [0.29, 0.717) is 32.4 Å². The van der Waals surface area contributed by atoms with Crippen molar-refractivity contribution in [2.45, 2.75) is 155 Å². The lowest BCUT2D eigenvalue weighted by Gasteiger charge is -2.47. The zero-order valence-corrected chi connectivity index (χ0v) is 37.0. The van der Waals surface area contributed by atoms with Crippen molar-refractivity contribution >= 4 is 23.6 Å². The van der Waals surface area contributed by atoms with Crippen LogP contribution in [0.1, 0.15) is 94.4 Å². The Labute approximate surface area is 349 Å². The van der Waals surface area contributed by atoms with Crippen molar-refractivity contribution in [1.29, 1.82) is 0 Å². The van der Waals surface area contributed by atoms with Gasteiger partial charge in [0.05, 0.1) is 35.9 Å². The number of likely N-dealkylation sites (N-methyl/N-ethyl adjacent to an activating group) is 1. The van der Waals surface area contributed by atoms with E-state index in [1.54, 1.807) is 51.3 Å². The van der Waals surface area contributed by atoms with Gasteiger partial charge in [-0.05, 0) is 93.0 Å². The molecule has 5 rings (SSSR count). The van der Waals surface area contributed by atoms with Gasteiger partial charge in [0, 0.05) is 68.1 Å². The van der Waals surface area contributed by atoms with Gasteiger partial charge < -0.3 is 43.2 Å². The van der Waals surface area contributed by atoms with Crippen LogP contribution in [0.15, 0.2) is 37.1 Å². The van der Waals surface area contributed by atoms with Crippen molar-refractivity contribution in [3.8, 4) is 11.3 Å². The largest absolute Gasteiger partial charge is 0.457 e. The van der Waals surface area contributed by atoms with Gasteiger partial charge in [-0.3, -0.25) is 19.4 Å². The van der Waals surface area contributed by atoms with E-state index in [0.717, 1.165) is 11.3 Å².